The number of pyridine rings is 1. The number of H-pyrrole nitrogens is 1. The number of benzene rings is 2. The van der Waals surface area contributed by atoms with E-state index in [4.69, 9.17) is 4.74 Å². The van der Waals surface area contributed by atoms with Crippen LogP contribution in [0.3, 0.4) is 0 Å². The number of aliphatic hydroxyl groups excluding tert-OH is 1. The molecule has 11 heteroatoms. The molecule has 0 fully saturated rings. The fourth-order valence-electron chi connectivity index (χ4n) is 3.88. The lowest BCUT2D eigenvalue weighted by molar-refractivity contribution is -0.104. The Balaban J connectivity index is 1.71. The first-order valence-corrected chi connectivity index (χ1v) is 11.1. The molecule has 192 valence electrons. The van der Waals surface area contributed by atoms with Crippen molar-refractivity contribution in [2.75, 3.05) is 13.7 Å². The molecule has 0 aliphatic rings. The van der Waals surface area contributed by atoms with E-state index in [1.165, 1.54) is 60.8 Å². The van der Waals surface area contributed by atoms with E-state index < -0.39 is 47.9 Å². The van der Waals surface area contributed by atoms with Gasteiger partial charge in [-0.1, -0.05) is 12.1 Å². The van der Waals surface area contributed by atoms with Crippen molar-refractivity contribution in [3.63, 3.8) is 0 Å². The number of halogens is 4. The molecule has 3 N–H and O–H groups in total. The van der Waals surface area contributed by atoms with Crippen molar-refractivity contribution in [3.05, 3.63) is 95.8 Å². The minimum Gasteiger partial charge on any atom is -0.394 e. The zero-order valence-corrected chi connectivity index (χ0v) is 19.5. The van der Waals surface area contributed by atoms with Crippen molar-refractivity contribution in [2.45, 2.75) is 18.1 Å². The number of nitrogens with zero attached hydrogens (tertiary/aromatic N) is 2. The summed E-state index contributed by atoms with van der Waals surface area (Å²) in [5.74, 6) is -6.04. The smallest absolute Gasteiger partial charge is 0.312 e. The van der Waals surface area contributed by atoms with Gasteiger partial charge in [-0.2, -0.15) is 13.9 Å². The first kappa shape index (κ1) is 26.0. The van der Waals surface area contributed by atoms with Gasteiger partial charge >= 0.3 is 5.92 Å². The van der Waals surface area contributed by atoms with Gasteiger partial charge in [0, 0.05) is 24.4 Å². The Hall–Kier alpha value is -4.09. The maximum absolute atomic E-state index is 15.5. The maximum atomic E-state index is 15.5. The second-order valence-corrected chi connectivity index (χ2v) is 8.08. The zero-order chi connectivity index (χ0) is 26.6. The molecule has 1 amide bonds. The Morgan fingerprint density at radius 3 is 2.51 bits per heavy atom. The molecule has 4 aromatic rings. The molecule has 2 aromatic heterocycles. The number of hydrogen-bond acceptors (Lipinski definition) is 5. The predicted octanol–water partition coefficient (Wildman–Crippen LogP) is 4.31. The fourth-order valence-corrected chi connectivity index (χ4v) is 3.88. The van der Waals surface area contributed by atoms with Crippen molar-refractivity contribution in [1.29, 1.82) is 0 Å². The Morgan fingerprint density at radius 1 is 1.11 bits per heavy atom. The van der Waals surface area contributed by atoms with Gasteiger partial charge in [-0.3, -0.25) is 14.9 Å². The lowest BCUT2D eigenvalue weighted by atomic mass is 9.98. The van der Waals surface area contributed by atoms with Crippen LogP contribution >= 0.6 is 0 Å². The highest BCUT2D eigenvalue weighted by atomic mass is 19.3. The third-order valence-corrected chi connectivity index (χ3v) is 5.78. The van der Waals surface area contributed by atoms with E-state index in [9.17, 15) is 18.7 Å². The van der Waals surface area contributed by atoms with Crippen molar-refractivity contribution in [1.82, 2.24) is 20.5 Å². The molecule has 2 aromatic carbocycles. The Bertz CT molecular complexity index is 1360. The maximum Gasteiger partial charge on any atom is 0.312 e. The highest BCUT2D eigenvalue weighted by molar-refractivity contribution is 6.01. The molecule has 0 saturated heterocycles. The molecule has 2 atom stereocenters. The Morgan fingerprint density at radius 2 is 1.86 bits per heavy atom. The van der Waals surface area contributed by atoms with E-state index in [1.807, 2.05) is 0 Å². The van der Waals surface area contributed by atoms with Crippen LogP contribution in [0.25, 0.3) is 22.5 Å². The number of amides is 1. The monoisotopic (exact) mass is 514 g/mol. The van der Waals surface area contributed by atoms with Crippen LogP contribution in [0, 0.1) is 11.6 Å². The van der Waals surface area contributed by atoms with Crippen molar-refractivity contribution in [3.8, 4) is 22.5 Å². The summed E-state index contributed by atoms with van der Waals surface area (Å²) in [6.07, 6.45) is -0.333. The average molecular weight is 514 g/mol. The lowest BCUT2D eigenvalue weighted by Gasteiger charge is -2.32. The standard InChI is InChI=1S/C26H22F4N4O3/c1-37-21(14-35)24(26(29,30)22-7-2-3-12-31-22)32-25(36)17-5-4-6-18(28)23(17)20-13-19(33-34-20)15-8-10-16(27)11-9-15/h2-13,21,24,35H,14H2,1H3,(H,32,36)(H,33,34)/t21-,24+/m1/s1. The molecule has 7 nitrogen and oxygen atoms in total. The van der Waals surface area contributed by atoms with Gasteiger partial charge in [-0.15, -0.1) is 0 Å². The van der Waals surface area contributed by atoms with Gasteiger partial charge in [0.25, 0.3) is 5.91 Å². The van der Waals surface area contributed by atoms with Gasteiger partial charge < -0.3 is 15.2 Å². The molecule has 0 spiro atoms. The highest BCUT2D eigenvalue weighted by Gasteiger charge is 2.48. The molecule has 37 heavy (non-hydrogen) atoms. The zero-order valence-electron chi connectivity index (χ0n) is 19.5. The van der Waals surface area contributed by atoms with E-state index in [2.05, 4.69) is 20.5 Å². The summed E-state index contributed by atoms with van der Waals surface area (Å²) in [6, 6.07) is 12.4. The first-order valence-electron chi connectivity index (χ1n) is 11.1. The number of aromatic nitrogens is 3. The van der Waals surface area contributed by atoms with Gasteiger partial charge in [-0.05, 0) is 54.6 Å². The second kappa shape index (κ2) is 10.9. The Labute approximate surface area is 209 Å². The van der Waals surface area contributed by atoms with Crippen LogP contribution < -0.4 is 5.32 Å². The van der Waals surface area contributed by atoms with Gasteiger partial charge in [0.1, 0.15) is 29.5 Å². The van der Waals surface area contributed by atoms with Crippen LogP contribution in [0.15, 0.2) is 72.9 Å². The van der Waals surface area contributed by atoms with Gasteiger partial charge in [0.05, 0.1) is 23.6 Å². The number of rotatable bonds is 9. The third-order valence-electron chi connectivity index (χ3n) is 5.78. The van der Waals surface area contributed by atoms with Crippen molar-refractivity contribution >= 4 is 5.91 Å². The molecule has 0 bridgehead atoms. The number of hydrogen-bond donors (Lipinski definition) is 3. The van der Waals surface area contributed by atoms with Gasteiger partial charge in [-0.25, -0.2) is 8.78 Å². The van der Waals surface area contributed by atoms with Crippen molar-refractivity contribution in [2.24, 2.45) is 0 Å². The summed E-state index contributed by atoms with van der Waals surface area (Å²) in [5.41, 5.74) is -0.132. The quantitative estimate of drug-likeness (QED) is 0.289. The first-order chi connectivity index (χ1) is 17.8. The van der Waals surface area contributed by atoms with E-state index >= 15 is 8.78 Å². The second-order valence-electron chi connectivity index (χ2n) is 8.08. The topological polar surface area (TPSA) is 100 Å². The van der Waals surface area contributed by atoms with Gasteiger partial charge in [0.2, 0.25) is 0 Å². The van der Waals surface area contributed by atoms with E-state index in [0.29, 0.717) is 11.3 Å². The number of ether oxygens (including phenoxy) is 1. The number of carbonyl (C=O) groups excluding carboxylic acids is 1. The number of aliphatic hydroxyl groups is 1. The summed E-state index contributed by atoms with van der Waals surface area (Å²) < 4.78 is 64.2. The van der Waals surface area contributed by atoms with E-state index in [0.717, 1.165) is 19.2 Å². The van der Waals surface area contributed by atoms with Gasteiger partial charge in [0.15, 0.2) is 0 Å². The molecular weight excluding hydrogens is 492 g/mol. The number of aromatic amines is 1. The summed E-state index contributed by atoms with van der Waals surface area (Å²) in [4.78, 5) is 17.0. The molecule has 4 rings (SSSR count). The van der Waals surface area contributed by atoms with Crippen LogP contribution in [0.5, 0.6) is 0 Å². The molecule has 0 unspecified atom stereocenters. The summed E-state index contributed by atoms with van der Waals surface area (Å²) in [6.45, 7) is -0.832. The van der Waals surface area contributed by atoms with Crippen LogP contribution in [0.2, 0.25) is 0 Å². The molecule has 0 aliphatic heterocycles. The summed E-state index contributed by atoms with van der Waals surface area (Å²) in [7, 11) is 1.11. The normalized spacial score (nSPS) is 13.2. The highest BCUT2D eigenvalue weighted by Crippen LogP contribution is 2.34. The van der Waals surface area contributed by atoms with E-state index in [1.54, 1.807) is 0 Å². The summed E-state index contributed by atoms with van der Waals surface area (Å²) >= 11 is 0. The SMILES string of the molecule is CO[C@H](CO)[C@H](NC(=O)c1cccc(F)c1-c1cc(-c2ccc(F)cc2)n[nH]1)C(F)(F)c1ccccn1. The fraction of sp³-hybridized carbons (Fsp3) is 0.192. The average Bonchev–Trinajstić information content (AvgIpc) is 3.39. The minimum atomic E-state index is -3.75. The summed E-state index contributed by atoms with van der Waals surface area (Å²) in [5, 5.41) is 18.6. The molecular formula is C26H22F4N4O3. The van der Waals surface area contributed by atoms with Crippen molar-refractivity contribution < 1.29 is 32.2 Å². The van der Waals surface area contributed by atoms with Crippen LogP contribution in [0.4, 0.5) is 17.6 Å². The molecule has 0 saturated carbocycles. The molecule has 0 aliphatic carbocycles. The number of methoxy groups -OCH3 is 1. The lowest BCUT2D eigenvalue weighted by Crippen LogP contribution is -2.55. The van der Waals surface area contributed by atoms with Crippen LogP contribution in [-0.2, 0) is 10.7 Å². The number of alkyl halides is 2. The molecule has 0 radical (unpaired) electrons. The Kier molecular flexibility index (Phi) is 7.65. The predicted molar refractivity (Wildman–Crippen MR) is 127 cm³/mol. The molecule has 2 heterocycles. The number of nitrogens with one attached hydrogen (secondary N) is 2. The largest absolute Gasteiger partial charge is 0.394 e. The van der Waals surface area contributed by atoms with Crippen LogP contribution in [0.1, 0.15) is 16.1 Å². The van der Waals surface area contributed by atoms with E-state index in [-0.39, 0.29) is 16.8 Å². The number of carbonyl (C=O) groups is 1. The third kappa shape index (κ3) is 5.37. The minimum absolute atomic E-state index is 0.0982. The van der Waals surface area contributed by atoms with Crippen LogP contribution in [-0.4, -0.2) is 52.1 Å².